The molecule has 3 atom stereocenters. The van der Waals surface area contributed by atoms with Crippen LogP contribution in [0.2, 0.25) is 0 Å². The van der Waals surface area contributed by atoms with E-state index in [1.165, 1.54) is 30.4 Å². The van der Waals surface area contributed by atoms with Gasteiger partial charge in [-0.1, -0.05) is 27.7 Å². The Kier molecular flexibility index (Phi) is 7.53. The lowest BCUT2D eigenvalue weighted by Crippen LogP contribution is -2.36. The number of quaternary nitrogens is 1. The molecule has 1 heterocycles. The van der Waals surface area contributed by atoms with Crippen molar-refractivity contribution in [2.24, 2.45) is 23.5 Å². The molecule has 1 aliphatic rings. The van der Waals surface area contributed by atoms with Crippen LogP contribution in [0.4, 0.5) is 0 Å². The number of rotatable bonds is 4. The van der Waals surface area contributed by atoms with Crippen LogP contribution >= 0.6 is 0 Å². The first-order valence-corrected chi connectivity index (χ1v) is 7.38. The molecule has 0 aromatic carbocycles. The van der Waals surface area contributed by atoms with Crippen molar-refractivity contribution in [3.63, 3.8) is 0 Å². The normalized spacial score (nSPS) is 27.2. The van der Waals surface area contributed by atoms with Gasteiger partial charge in [-0.25, -0.2) is 0 Å². The highest BCUT2D eigenvalue weighted by Gasteiger charge is 2.37. The summed E-state index contributed by atoms with van der Waals surface area (Å²) in [5.41, 5.74) is 4.91. The molecule has 0 saturated carbocycles. The van der Waals surface area contributed by atoms with Crippen molar-refractivity contribution >= 4 is 5.91 Å². The Morgan fingerprint density at radius 2 is 1.56 bits per heavy atom. The van der Waals surface area contributed by atoms with Gasteiger partial charge in [-0.3, -0.25) is 4.79 Å². The van der Waals surface area contributed by atoms with E-state index < -0.39 is 0 Å². The number of carbonyl (C=O) groups excluding carboxylic acids is 1. The molecule has 1 amide bonds. The van der Waals surface area contributed by atoms with E-state index in [4.69, 9.17) is 5.73 Å². The maximum Gasteiger partial charge on any atom is 0.220 e. The molecule has 0 spiro atoms. The lowest BCUT2D eigenvalue weighted by molar-refractivity contribution is -0.880. The topological polar surface area (TPSA) is 43.1 Å². The van der Waals surface area contributed by atoms with Crippen LogP contribution in [-0.2, 0) is 4.79 Å². The van der Waals surface area contributed by atoms with Gasteiger partial charge >= 0.3 is 0 Å². The van der Waals surface area contributed by atoms with Crippen molar-refractivity contribution in [3.05, 3.63) is 0 Å². The monoisotopic (exact) mass is 257 g/mol. The van der Waals surface area contributed by atoms with E-state index in [0.29, 0.717) is 0 Å². The second-order valence-corrected chi connectivity index (χ2v) is 6.35. The van der Waals surface area contributed by atoms with E-state index in [2.05, 4.69) is 27.9 Å². The Morgan fingerprint density at radius 1 is 1.17 bits per heavy atom. The van der Waals surface area contributed by atoms with E-state index in [9.17, 15) is 4.79 Å². The van der Waals surface area contributed by atoms with Gasteiger partial charge in [-0.05, 0) is 19.3 Å². The third kappa shape index (κ3) is 5.85. The number of nitrogens with two attached hydrogens (primary N) is 1. The van der Waals surface area contributed by atoms with E-state index >= 15 is 0 Å². The highest BCUT2D eigenvalue weighted by atomic mass is 16.1. The number of carbonyl (C=O) groups is 1. The van der Waals surface area contributed by atoms with Crippen LogP contribution in [0.5, 0.6) is 0 Å². The van der Waals surface area contributed by atoms with Crippen LogP contribution < -0.4 is 5.73 Å². The van der Waals surface area contributed by atoms with Crippen molar-refractivity contribution < 1.29 is 9.28 Å². The molecular formula is C15H33N2O+. The number of amides is 1. The predicted molar refractivity (Wildman–Crippen MR) is 78.1 cm³/mol. The molecule has 1 aliphatic heterocycles. The van der Waals surface area contributed by atoms with Crippen LogP contribution in [0, 0.1) is 17.8 Å². The third-order valence-electron chi connectivity index (χ3n) is 4.27. The fourth-order valence-corrected chi connectivity index (χ4v) is 2.77. The second kappa shape index (κ2) is 7.78. The maximum absolute atomic E-state index is 10.2. The smallest absolute Gasteiger partial charge is 0.220 e. The fraction of sp³-hybridized carbons (Fsp3) is 0.933. The molecule has 0 aliphatic carbocycles. The predicted octanol–water partition coefficient (Wildman–Crippen LogP) is 2.65. The minimum Gasteiger partial charge on any atom is -0.369 e. The van der Waals surface area contributed by atoms with Crippen molar-refractivity contribution in [3.8, 4) is 0 Å². The van der Waals surface area contributed by atoms with E-state index in [1.54, 1.807) is 0 Å². The molecule has 1 rings (SSSR count). The molecule has 1 saturated heterocycles. The van der Waals surface area contributed by atoms with Gasteiger partial charge < -0.3 is 10.2 Å². The zero-order valence-electron chi connectivity index (χ0n) is 13.2. The Bertz CT molecular complexity index is 237. The SMILES string of the molecule is CCC(C)C(N)=O.CCC1C[N+](C)(C)CC1CC. The molecule has 3 unspecified atom stereocenters. The van der Waals surface area contributed by atoms with Crippen LogP contribution in [-0.4, -0.2) is 37.6 Å². The standard InChI is InChI=1S/C10H22N.C5H11NO/c1-5-9-7-11(3,4)8-10(9)6-2;1-3-4(2)5(6)7/h9-10H,5-8H2,1-4H3;4H,3H2,1-2H3,(H2,6,7)/q+1;. The number of likely N-dealkylation sites (tertiary alicyclic amines) is 1. The number of hydrogen-bond donors (Lipinski definition) is 1. The minimum atomic E-state index is -0.206. The fourth-order valence-electron chi connectivity index (χ4n) is 2.77. The van der Waals surface area contributed by atoms with Crippen molar-refractivity contribution in [1.82, 2.24) is 0 Å². The molecule has 2 N–H and O–H groups in total. The quantitative estimate of drug-likeness (QED) is 0.773. The third-order valence-corrected chi connectivity index (χ3v) is 4.27. The van der Waals surface area contributed by atoms with E-state index in [1.807, 2.05) is 13.8 Å². The number of nitrogens with zero attached hydrogens (tertiary/aromatic N) is 1. The molecule has 0 aromatic rings. The van der Waals surface area contributed by atoms with Gasteiger partial charge in [0.1, 0.15) is 0 Å². The molecule has 0 bridgehead atoms. The van der Waals surface area contributed by atoms with E-state index in [0.717, 1.165) is 18.3 Å². The van der Waals surface area contributed by atoms with Gasteiger partial charge in [0.2, 0.25) is 5.91 Å². The molecule has 1 fully saturated rings. The Balaban J connectivity index is 0.000000360. The van der Waals surface area contributed by atoms with Crippen LogP contribution in [0.15, 0.2) is 0 Å². The highest BCUT2D eigenvalue weighted by Crippen LogP contribution is 2.30. The summed E-state index contributed by atoms with van der Waals surface area (Å²) in [6, 6.07) is 0. The summed E-state index contributed by atoms with van der Waals surface area (Å²) in [6.45, 7) is 11.2. The summed E-state index contributed by atoms with van der Waals surface area (Å²) >= 11 is 0. The van der Waals surface area contributed by atoms with Crippen LogP contribution in [0.1, 0.15) is 47.0 Å². The van der Waals surface area contributed by atoms with Gasteiger partial charge in [0.25, 0.3) is 0 Å². The van der Waals surface area contributed by atoms with Crippen LogP contribution in [0.3, 0.4) is 0 Å². The van der Waals surface area contributed by atoms with Crippen LogP contribution in [0.25, 0.3) is 0 Å². The number of primary amides is 1. The van der Waals surface area contributed by atoms with Gasteiger partial charge in [0.05, 0.1) is 27.2 Å². The summed E-state index contributed by atoms with van der Waals surface area (Å²) in [6.07, 6.45) is 3.59. The molecule has 0 radical (unpaired) electrons. The Morgan fingerprint density at radius 3 is 1.72 bits per heavy atom. The minimum absolute atomic E-state index is 0.0417. The van der Waals surface area contributed by atoms with E-state index in [-0.39, 0.29) is 11.8 Å². The van der Waals surface area contributed by atoms with Crippen molar-refractivity contribution in [2.45, 2.75) is 47.0 Å². The molecule has 3 nitrogen and oxygen atoms in total. The first-order chi connectivity index (χ1) is 8.27. The Hall–Kier alpha value is -0.570. The lowest BCUT2D eigenvalue weighted by atomic mass is 9.92. The van der Waals surface area contributed by atoms with Gasteiger partial charge in [-0.2, -0.15) is 0 Å². The first kappa shape index (κ1) is 17.4. The van der Waals surface area contributed by atoms with Crippen molar-refractivity contribution in [2.75, 3.05) is 27.2 Å². The molecular weight excluding hydrogens is 224 g/mol. The van der Waals surface area contributed by atoms with Crippen molar-refractivity contribution in [1.29, 1.82) is 0 Å². The largest absolute Gasteiger partial charge is 0.369 e. The molecule has 108 valence electrons. The second-order valence-electron chi connectivity index (χ2n) is 6.35. The first-order valence-electron chi connectivity index (χ1n) is 7.38. The Labute approximate surface area is 113 Å². The zero-order valence-corrected chi connectivity index (χ0v) is 13.2. The number of hydrogen-bond acceptors (Lipinski definition) is 1. The average Bonchev–Trinajstić information content (AvgIpc) is 2.63. The molecule has 3 heteroatoms. The lowest BCUT2D eigenvalue weighted by Gasteiger charge is -2.23. The summed E-state index contributed by atoms with van der Waals surface area (Å²) in [5.74, 6) is 1.83. The molecule has 0 aromatic heterocycles. The van der Waals surface area contributed by atoms with Gasteiger partial charge in [-0.15, -0.1) is 0 Å². The average molecular weight is 257 g/mol. The summed E-state index contributed by atoms with van der Waals surface area (Å²) in [5, 5.41) is 0. The zero-order chi connectivity index (χ0) is 14.3. The summed E-state index contributed by atoms with van der Waals surface area (Å²) in [7, 11) is 4.72. The van der Waals surface area contributed by atoms with Gasteiger partial charge in [0.15, 0.2) is 0 Å². The summed E-state index contributed by atoms with van der Waals surface area (Å²) in [4.78, 5) is 10.2. The van der Waals surface area contributed by atoms with Gasteiger partial charge in [0, 0.05) is 17.8 Å². The molecule has 18 heavy (non-hydrogen) atoms. The summed E-state index contributed by atoms with van der Waals surface area (Å²) < 4.78 is 1.25. The highest BCUT2D eigenvalue weighted by molar-refractivity contribution is 5.76. The maximum atomic E-state index is 10.2.